The fraction of sp³-hybridized carbons (Fsp3) is 0.400. The number of hydrogen-bond donors (Lipinski definition) is 1. The summed E-state index contributed by atoms with van der Waals surface area (Å²) in [6.45, 7) is 2.69. The molecular formula is C10H13BrClNO. The first-order valence-electron chi connectivity index (χ1n) is 4.44. The zero-order valence-corrected chi connectivity index (χ0v) is 10.1. The smallest absolute Gasteiger partial charge is 0.0949 e. The number of hydrogen-bond acceptors (Lipinski definition) is 2. The zero-order valence-electron chi connectivity index (χ0n) is 7.70. The first kappa shape index (κ1) is 12.0. The molecule has 0 aromatic heterocycles. The van der Waals surface area contributed by atoms with Gasteiger partial charge in [-0.25, -0.2) is 0 Å². The number of rotatable bonds is 1. The first-order chi connectivity index (χ1) is 6.36. The maximum atomic E-state index is 5.63. The molecule has 78 valence electrons. The Balaban J connectivity index is 0.000000980. The summed E-state index contributed by atoms with van der Waals surface area (Å²) in [7, 11) is 0. The van der Waals surface area contributed by atoms with Crippen molar-refractivity contribution in [2.24, 2.45) is 0 Å². The van der Waals surface area contributed by atoms with Gasteiger partial charge in [-0.05, 0) is 17.7 Å². The minimum atomic E-state index is 0. The monoisotopic (exact) mass is 277 g/mol. The largest absolute Gasteiger partial charge is 0.371 e. The molecule has 1 aliphatic rings. The molecule has 1 saturated heterocycles. The minimum Gasteiger partial charge on any atom is -0.371 e. The van der Waals surface area contributed by atoms with Gasteiger partial charge in [0.1, 0.15) is 0 Å². The Labute approximate surface area is 98.6 Å². The highest BCUT2D eigenvalue weighted by Gasteiger charge is 2.14. The Kier molecular flexibility index (Phi) is 4.89. The van der Waals surface area contributed by atoms with Crippen molar-refractivity contribution in [3.05, 3.63) is 34.3 Å². The summed E-state index contributed by atoms with van der Waals surface area (Å²) in [5.41, 5.74) is 1.25. The van der Waals surface area contributed by atoms with Crippen LogP contribution in [0.4, 0.5) is 0 Å². The lowest BCUT2D eigenvalue weighted by molar-refractivity contribution is 0.0277. The molecule has 2 nitrogen and oxygen atoms in total. The van der Waals surface area contributed by atoms with Crippen LogP contribution in [0.25, 0.3) is 0 Å². The van der Waals surface area contributed by atoms with E-state index in [-0.39, 0.29) is 18.5 Å². The molecule has 1 aliphatic heterocycles. The van der Waals surface area contributed by atoms with E-state index in [4.69, 9.17) is 4.74 Å². The van der Waals surface area contributed by atoms with Crippen molar-refractivity contribution in [2.75, 3.05) is 19.7 Å². The van der Waals surface area contributed by atoms with Crippen LogP contribution in [0.3, 0.4) is 0 Å². The quantitative estimate of drug-likeness (QED) is 0.852. The lowest BCUT2D eigenvalue weighted by Gasteiger charge is -2.23. The fourth-order valence-electron chi connectivity index (χ4n) is 1.46. The Morgan fingerprint density at radius 2 is 2.00 bits per heavy atom. The average molecular weight is 279 g/mol. The second-order valence-corrected chi connectivity index (χ2v) is 4.03. The van der Waals surface area contributed by atoms with Gasteiger partial charge in [0.25, 0.3) is 0 Å². The highest BCUT2D eigenvalue weighted by Crippen LogP contribution is 2.20. The molecule has 0 aliphatic carbocycles. The van der Waals surface area contributed by atoms with Crippen molar-refractivity contribution >= 4 is 28.3 Å². The average Bonchev–Trinajstić information content (AvgIpc) is 2.20. The van der Waals surface area contributed by atoms with E-state index in [9.17, 15) is 0 Å². The summed E-state index contributed by atoms with van der Waals surface area (Å²) < 4.78 is 6.74. The summed E-state index contributed by atoms with van der Waals surface area (Å²) in [6, 6.07) is 8.30. The molecule has 0 saturated carbocycles. The summed E-state index contributed by atoms with van der Waals surface area (Å²) in [5, 5.41) is 3.31. The molecule has 1 aromatic carbocycles. The van der Waals surface area contributed by atoms with Crippen LogP contribution in [0.15, 0.2) is 28.7 Å². The standard InChI is InChI=1S/C10H12BrNO.ClH/c11-9-3-1-8(2-4-9)10-7-12-5-6-13-10;/h1-4,10,12H,5-7H2;1H/t10-;/m1./s1. The zero-order chi connectivity index (χ0) is 9.10. The van der Waals surface area contributed by atoms with Crippen LogP contribution in [0, 0.1) is 0 Å². The topological polar surface area (TPSA) is 21.3 Å². The summed E-state index contributed by atoms with van der Waals surface area (Å²) >= 11 is 3.41. The van der Waals surface area contributed by atoms with E-state index < -0.39 is 0 Å². The molecule has 0 spiro atoms. The Morgan fingerprint density at radius 1 is 1.29 bits per heavy atom. The van der Waals surface area contributed by atoms with Crippen LogP contribution >= 0.6 is 28.3 Å². The minimum absolute atomic E-state index is 0. The SMILES string of the molecule is Brc1ccc([C@H]2CNCCO2)cc1.Cl. The lowest BCUT2D eigenvalue weighted by atomic mass is 10.1. The van der Waals surface area contributed by atoms with Gasteiger partial charge >= 0.3 is 0 Å². The van der Waals surface area contributed by atoms with Crippen molar-refractivity contribution in [1.29, 1.82) is 0 Å². The predicted molar refractivity (Wildman–Crippen MR) is 63.0 cm³/mol. The maximum absolute atomic E-state index is 5.63. The third-order valence-electron chi connectivity index (χ3n) is 2.17. The number of benzene rings is 1. The molecule has 14 heavy (non-hydrogen) atoms. The van der Waals surface area contributed by atoms with E-state index in [1.807, 2.05) is 12.1 Å². The fourth-order valence-corrected chi connectivity index (χ4v) is 1.72. The first-order valence-corrected chi connectivity index (χ1v) is 5.23. The van der Waals surface area contributed by atoms with Gasteiger partial charge in [-0.15, -0.1) is 12.4 Å². The Morgan fingerprint density at radius 3 is 2.57 bits per heavy atom. The maximum Gasteiger partial charge on any atom is 0.0949 e. The van der Waals surface area contributed by atoms with Crippen molar-refractivity contribution in [3.63, 3.8) is 0 Å². The van der Waals surface area contributed by atoms with Crippen LogP contribution in [0.5, 0.6) is 0 Å². The van der Waals surface area contributed by atoms with Gasteiger partial charge in [-0.2, -0.15) is 0 Å². The number of ether oxygens (including phenoxy) is 1. The van der Waals surface area contributed by atoms with Gasteiger partial charge in [0.2, 0.25) is 0 Å². The molecule has 1 fully saturated rings. The van der Waals surface area contributed by atoms with Gasteiger partial charge < -0.3 is 10.1 Å². The molecule has 0 bridgehead atoms. The summed E-state index contributed by atoms with van der Waals surface area (Å²) in [5.74, 6) is 0. The van der Waals surface area contributed by atoms with Crippen molar-refractivity contribution in [3.8, 4) is 0 Å². The van der Waals surface area contributed by atoms with E-state index in [0.717, 1.165) is 24.2 Å². The summed E-state index contributed by atoms with van der Waals surface area (Å²) in [4.78, 5) is 0. The van der Waals surface area contributed by atoms with E-state index in [0.29, 0.717) is 0 Å². The normalized spacial score (nSPS) is 21.4. The van der Waals surface area contributed by atoms with E-state index >= 15 is 0 Å². The predicted octanol–water partition coefficient (Wildman–Crippen LogP) is 2.53. The van der Waals surface area contributed by atoms with Crippen molar-refractivity contribution in [1.82, 2.24) is 5.32 Å². The van der Waals surface area contributed by atoms with Crippen LogP contribution in [0.1, 0.15) is 11.7 Å². The van der Waals surface area contributed by atoms with Gasteiger partial charge in [-0.3, -0.25) is 0 Å². The van der Waals surface area contributed by atoms with Gasteiger partial charge in [0, 0.05) is 17.6 Å². The van der Waals surface area contributed by atoms with Crippen LogP contribution < -0.4 is 5.32 Å². The second kappa shape index (κ2) is 5.71. The third-order valence-corrected chi connectivity index (χ3v) is 2.70. The molecule has 1 heterocycles. The molecule has 1 aromatic rings. The lowest BCUT2D eigenvalue weighted by Crippen LogP contribution is -2.33. The molecule has 4 heteroatoms. The van der Waals surface area contributed by atoms with Crippen LogP contribution in [0.2, 0.25) is 0 Å². The van der Waals surface area contributed by atoms with Crippen LogP contribution in [-0.2, 0) is 4.74 Å². The Hall–Kier alpha value is -0.0900. The molecule has 0 amide bonds. The van der Waals surface area contributed by atoms with Gasteiger partial charge in [0.05, 0.1) is 12.7 Å². The van der Waals surface area contributed by atoms with Gasteiger partial charge in [-0.1, -0.05) is 28.1 Å². The second-order valence-electron chi connectivity index (χ2n) is 3.12. The van der Waals surface area contributed by atoms with Crippen molar-refractivity contribution < 1.29 is 4.74 Å². The van der Waals surface area contributed by atoms with Crippen LogP contribution in [-0.4, -0.2) is 19.7 Å². The molecule has 0 unspecified atom stereocenters. The highest BCUT2D eigenvalue weighted by atomic mass is 79.9. The number of morpholine rings is 1. The van der Waals surface area contributed by atoms with E-state index in [1.165, 1.54) is 5.56 Å². The summed E-state index contributed by atoms with van der Waals surface area (Å²) in [6.07, 6.45) is 0.224. The molecule has 0 radical (unpaired) electrons. The highest BCUT2D eigenvalue weighted by molar-refractivity contribution is 9.10. The van der Waals surface area contributed by atoms with Gasteiger partial charge in [0.15, 0.2) is 0 Å². The van der Waals surface area contributed by atoms with E-state index in [2.05, 4.69) is 33.4 Å². The Bertz CT molecular complexity index is 272. The molecule has 1 N–H and O–H groups in total. The third kappa shape index (κ3) is 2.95. The number of halogens is 2. The molecule has 2 rings (SSSR count). The number of nitrogens with one attached hydrogen (secondary N) is 1. The molecular weight excluding hydrogens is 265 g/mol. The van der Waals surface area contributed by atoms with Crippen molar-refractivity contribution in [2.45, 2.75) is 6.10 Å². The molecule has 1 atom stereocenters. The van der Waals surface area contributed by atoms with E-state index in [1.54, 1.807) is 0 Å².